The molecule has 0 atom stereocenters. The molecule has 3 rings (SSSR count). The highest BCUT2D eigenvalue weighted by molar-refractivity contribution is 6.11. The molecule has 0 saturated carbocycles. The average Bonchev–Trinajstić information content (AvgIpc) is 2.72. The lowest BCUT2D eigenvalue weighted by Gasteiger charge is -2.09. The van der Waals surface area contributed by atoms with Gasteiger partial charge >= 0.3 is 5.97 Å². The van der Waals surface area contributed by atoms with Crippen LogP contribution < -0.4 is 4.74 Å². The van der Waals surface area contributed by atoms with Gasteiger partial charge in [-0.25, -0.2) is 0 Å². The molecule has 0 fully saturated rings. The molecule has 1 aliphatic rings. The van der Waals surface area contributed by atoms with Gasteiger partial charge in [0.2, 0.25) is 5.78 Å². The minimum absolute atomic E-state index is 0.0240. The molecule has 6 nitrogen and oxygen atoms in total. The predicted molar refractivity (Wildman–Crippen MR) is 85.3 cm³/mol. The number of ketones is 2. The number of carbonyl (C=O) groups is 3. The van der Waals surface area contributed by atoms with Crippen molar-refractivity contribution >= 4 is 17.5 Å². The SMILES string of the molecule is Cc1ccc2c(c1)OCc1cc(CC(=O)CC(=O)O)n(C)c1C2=O. The van der Waals surface area contributed by atoms with Gasteiger partial charge in [-0.2, -0.15) is 0 Å². The molecule has 1 N–H and O–H groups in total. The van der Waals surface area contributed by atoms with Gasteiger partial charge in [0.15, 0.2) is 0 Å². The molecule has 0 saturated heterocycles. The van der Waals surface area contributed by atoms with Crippen LogP contribution in [0.25, 0.3) is 0 Å². The first-order valence-electron chi connectivity index (χ1n) is 7.56. The van der Waals surface area contributed by atoms with Gasteiger partial charge in [0.1, 0.15) is 24.6 Å². The fourth-order valence-electron chi connectivity index (χ4n) is 2.96. The van der Waals surface area contributed by atoms with Gasteiger partial charge in [0, 0.05) is 24.7 Å². The van der Waals surface area contributed by atoms with Gasteiger partial charge < -0.3 is 14.4 Å². The van der Waals surface area contributed by atoms with E-state index in [1.165, 1.54) is 0 Å². The summed E-state index contributed by atoms with van der Waals surface area (Å²) in [5, 5.41) is 8.70. The van der Waals surface area contributed by atoms with Gasteiger partial charge in [0.25, 0.3) is 0 Å². The lowest BCUT2D eigenvalue weighted by molar-refractivity contribution is -0.140. The zero-order valence-corrected chi connectivity index (χ0v) is 13.5. The molecule has 2 aromatic rings. The van der Waals surface area contributed by atoms with Crippen molar-refractivity contribution in [2.24, 2.45) is 7.05 Å². The summed E-state index contributed by atoms with van der Waals surface area (Å²) in [5.41, 5.74) is 3.29. The van der Waals surface area contributed by atoms with Crippen molar-refractivity contribution in [1.82, 2.24) is 4.57 Å². The Bertz CT molecular complexity index is 863. The Morgan fingerprint density at radius 2 is 2.04 bits per heavy atom. The molecule has 0 aliphatic carbocycles. The van der Waals surface area contributed by atoms with E-state index in [9.17, 15) is 14.4 Å². The summed E-state index contributed by atoms with van der Waals surface area (Å²) in [4.78, 5) is 35.3. The molecule has 0 amide bonds. The maximum atomic E-state index is 12.9. The van der Waals surface area contributed by atoms with Crippen molar-refractivity contribution in [1.29, 1.82) is 0 Å². The molecule has 0 bridgehead atoms. The first-order valence-corrected chi connectivity index (χ1v) is 7.56. The van der Waals surface area contributed by atoms with Crippen molar-refractivity contribution in [2.45, 2.75) is 26.4 Å². The Kier molecular flexibility index (Phi) is 3.97. The molecule has 1 aliphatic heterocycles. The van der Waals surface area contributed by atoms with Crippen LogP contribution in [0.2, 0.25) is 0 Å². The van der Waals surface area contributed by atoms with E-state index in [4.69, 9.17) is 9.84 Å². The lowest BCUT2D eigenvalue weighted by atomic mass is 10.0. The molecular weight excluding hydrogens is 310 g/mol. The summed E-state index contributed by atoms with van der Waals surface area (Å²) in [6.07, 6.45) is -0.549. The highest BCUT2D eigenvalue weighted by Gasteiger charge is 2.27. The number of nitrogens with zero attached hydrogens (tertiary/aromatic N) is 1. The Balaban J connectivity index is 1.97. The van der Waals surface area contributed by atoms with Crippen LogP contribution in [0, 0.1) is 6.92 Å². The van der Waals surface area contributed by atoms with E-state index in [1.807, 2.05) is 19.1 Å². The molecule has 1 aromatic heterocycles. The van der Waals surface area contributed by atoms with Crippen LogP contribution in [0.1, 0.15) is 39.3 Å². The van der Waals surface area contributed by atoms with E-state index in [0.717, 1.165) is 5.56 Å². The van der Waals surface area contributed by atoms with Crippen LogP contribution in [-0.2, 0) is 29.7 Å². The van der Waals surface area contributed by atoms with E-state index in [0.29, 0.717) is 28.3 Å². The number of carboxylic acid groups (broad SMARTS) is 1. The fraction of sp³-hybridized carbons (Fsp3) is 0.278. The van der Waals surface area contributed by atoms with Crippen LogP contribution >= 0.6 is 0 Å². The molecular formula is C18H17NO5. The van der Waals surface area contributed by atoms with Crippen molar-refractivity contribution < 1.29 is 24.2 Å². The van der Waals surface area contributed by atoms with Crippen molar-refractivity contribution in [3.05, 3.63) is 52.3 Å². The second kappa shape index (κ2) is 5.96. The van der Waals surface area contributed by atoms with Crippen LogP contribution in [0.15, 0.2) is 24.3 Å². The molecule has 0 spiro atoms. The number of benzene rings is 1. The maximum absolute atomic E-state index is 12.9. The third-order valence-corrected chi connectivity index (χ3v) is 4.12. The monoisotopic (exact) mass is 327 g/mol. The van der Waals surface area contributed by atoms with Crippen LogP contribution in [0.4, 0.5) is 0 Å². The van der Waals surface area contributed by atoms with Crippen LogP contribution in [-0.4, -0.2) is 27.2 Å². The number of fused-ring (bicyclic) bond motifs is 2. The van der Waals surface area contributed by atoms with Crippen LogP contribution in [0.3, 0.4) is 0 Å². The molecule has 0 unspecified atom stereocenters. The Hall–Kier alpha value is -2.89. The standard InChI is InChI=1S/C18H17NO5/c1-10-3-4-14-15(5-10)24-9-11-6-12(7-13(20)8-16(21)22)19(2)17(11)18(14)23/h3-6H,7-9H2,1-2H3,(H,21,22). The number of carbonyl (C=O) groups excluding carboxylic acids is 2. The second-order valence-corrected chi connectivity index (χ2v) is 5.97. The third-order valence-electron chi connectivity index (χ3n) is 4.12. The topological polar surface area (TPSA) is 85.6 Å². The normalized spacial score (nSPS) is 12.8. The molecule has 0 radical (unpaired) electrons. The Labute approximate surface area is 138 Å². The number of hydrogen-bond acceptors (Lipinski definition) is 4. The lowest BCUT2D eigenvalue weighted by Crippen LogP contribution is -2.14. The number of aromatic nitrogens is 1. The first kappa shape index (κ1) is 16.0. The molecule has 6 heteroatoms. The number of aliphatic carboxylic acids is 1. The quantitative estimate of drug-likeness (QED) is 0.869. The Morgan fingerprint density at radius 3 is 2.75 bits per heavy atom. The highest BCUT2D eigenvalue weighted by Crippen LogP contribution is 2.30. The molecule has 2 heterocycles. The fourth-order valence-corrected chi connectivity index (χ4v) is 2.96. The van der Waals surface area contributed by atoms with Gasteiger partial charge in [-0.3, -0.25) is 14.4 Å². The van der Waals surface area contributed by atoms with Crippen molar-refractivity contribution in [3.8, 4) is 5.75 Å². The zero-order chi connectivity index (χ0) is 17.4. The van der Waals surface area contributed by atoms with Crippen molar-refractivity contribution in [2.75, 3.05) is 0 Å². The molecule has 124 valence electrons. The minimum atomic E-state index is -1.15. The average molecular weight is 327 g/mol. The van der Waals surface area contributed by atoms with E-state index >= 15 is 0 Å². The summed E-state index contributed by atoms with van der Waals surface area (Å²) in [7, 11) is 1.71. The minimum Gasteiger partial charge on any atom is -0.488 e. The summed E-state index contributed by atoms with van der Waals surface area (Å²) < 4.78 is 7.41. The maximum Gasteiger partial charge on any atom is 0.310 e. The summed E-state index contributed by atoms with van der Waals surface area (Å²) in [6, 6.07) is 7.16. The number of hydrogen-bond donors (Lipinski definition) is 1. The first-order chi connectivity index (χ1) is 11.4. The summed E-state index contributed by atoms with van der Waals surface area (Å²) in [6.45, 7) is 2.16. The smallest absolute Gasteiger partial charge is 0.310 e. The second-order valence-electron chi connectivity index (χ2n) is 5.97. The van der Waals surface area contributed by atoms with E-state index in [-0.39, 0.29) is 18.8 Å². The number of rotatable bonds is 4. The zero-order valence-electron chi connectivity index (χ0n) is 13.5. The summed E-state index contributed by atoms with van der Waals surface area (Å²) in [5.74, 6) is -1.15. The Morgan fingerprint density at radius 1 is 1.29 bits per heavy atom. The van der Waals surface area contributed by atoms with Crippen molar-refractivity contribution in [3.63, 3.8) is 0 Å². The van der Waals surface area contributed by atoms with E-state index in [2.05, 4.69) is 0 Å². The van der Waals surface area contributed by atoms with Gasteiger partial charge in [-0.15, -0.1) is 0 Å². The van der Waals surface area contributed by atoms with Gasteiger partial charge in [-0.05, 0) is 30.7 Å². The van der Waals surface area contributed by atoms with Gasteiger partial charge in [0.05, 0.1) is 11.3 Å². The summed E-state index contributed by atoms with van der Waals surface area (Å²) >= 11 is 0. The van der Waals surface area contributed by atoms with Gasteiger partial charge in [-0.1, -0.05) is 6.07 Å². The number of Topliss-reactive ketones (excluding diaryl/α,β-unsaturated/α-hetero) is 1. The number of ether oxygens (including phenoxy) is 1. The van der Waals surface area contributed by atoms with E-state index in [1.54, 1.807) is 23.7 Å². The molecule has 1 aromatic carbocycles. The van der Waals surface area contributed by atoms with Crippen LogP contribution in [0.5, 0.6) is 5.75 Å². The largest absolute Gasteiger partial charge is 0.488 e. The predicted octanol–water partition coefficient (Wildman–Crippen LogP) is 2.04. The highest BCUT2D eigenvalue weighted by atomic mass is 16.5. The molecule has 24 heavy (non-hydrogen) atoms. The van der Waals surface area contributed by atoms with E-state index < -0.39 is 18.2 Å². The third kappa shape index (κ3) is 2.82. The number of carboxylic acids is 1. The number of aryl methyl sites for hydroxylation is 1.